The number of aliphatic hydroxyl groups is 1. The summed E-state index contributed by atoms with van der Waals surface area (Å²) < 4.78 is 49.3. The van der Waals surface area contributed by atoms with Gasteiger partial charge in [0.25, 0.3) is 0 Å². The normalized spacial score (nSPS) is 16.6. The molecule has 3 unspecified atom stereocenters. The van der Waals surface area contributed by atoms with Crippen molar-refractivity contribution in [3.8, 4) is 0 Å². The number of amides is 3. The average molecular weight is 1630 g/mol. The van der Waals surface area contributed by atoms with E-state index in [0.29, 0.717) is 57.8 Å². The number of esters is 3. The van der Waals surface area contributed by atoms with Crippen LogP contribution in [0.2, 0.25) is 0 Å². The Labute approximate surface area is 691 Å². The number of carbonyl (C=O) groups is 7. The van der Waals surface area contributed by atoms with Gasteiger partial charge in [-0.25, -0.2) is 9.36 Å². The Balaban J connectivity index is 1.64. The summed E-state index contributed by atoms with van der Waals surface area (Å²) in [4.78, 5) is 120. The molecule has 115 heavy (non-hydrogen) atoms. The number of nitrogens with one attached hydrogen (secondary N) is 3. The Bertz CT molecular complexity index is 3040. The van der Waals surface area contributed by atoms with Crippen LogP contribution in [0.15, 0.2) is 91.0 Å². The first-order valence-corrected chi connectivity index (χ1v) is 46.9. The van der Waals surface area contributed by atoms with Crippen LogP contribution in [0.4, 0.5) is 0 Å². The van der Waals surface area contributed by atoms with Crippen LogP contribution in [0, 0.1) is 0 Å². The molecular formula is C93H152N3O18P. The van der Waals surface area contributed by atoms with E-state index < -0.39 is 130 Å². The molecule has 0 aliphatic carbocycles. The molecule has 0 saturated carbocycles. The maximum Gasteiger partial charge on any atom is 0.470 e. The maximum absolute atomic E-state index is 15.0. The molecule has 0 radical (unpaired) electrons. The summed E-state index contributed by atoms with van der Waals surface area (Å²) in [6, 6.07) is 25.6. The number of carboxylic acids is 1. The topological polar surface area (TPSA) is 309 Å². The highest BCUT2D eigenvalue weighted by Crippen LogP contribution is 2.42. The molecule has 0 spiro atoms. The molecule has 3 aromatic rings. The van der Waals surface area contributed by atoms with Crippen LogP contribution in [0.5, 0.6) is 0 Å². The molecule has 0 bridgehead atoms. The van der Waals surface area contributed by atoms with Gasteiger partial charge in [0.15, 0.2) is 12.3 Å². The number of carboxylic acid groups (broad SMARTS) is 1. The smallest absolute Gasteiger partial charge is 0.470 e. The van der Waals surface area contributed by atoms with Gasteiger partial charge in [0.05, 0.1) is 38.5 Å². The van der Waals surface area contributed by atoms with Gasteiger partial charge in [0, 0.05) is 19.3 Å². The van der Waals surface area contributed by atoms with Crippen LogP contribution in [0.3, 0.4) is 0 Å². The van der Waals surface area contributed by atoms with Crippen molar-refractivity contribution in [3.05, 3.63) is 108 Å². The summed E-state index contributed by atoms with van der Waals surface area (Å²) in [5.41, 5.74) is 3.83. The Morgan fingerprint density at radius 1 is 0.400 bits per heavy atom. The minimum atomic E-state index is -5.56. The molecule has 21 nitrogen and oxygen atoms in total. The molecule has 3 amide bonds. The Hall–Kier alpha value is -6.06. The number of benzene rings is 3. The lowest BCUT2D eigenvalue weighted by Crippen LogP contribution is -2.70. The lowest BCUT2D eigenvalue weighted by molar-refractivity contribution is -0.249. The SMILES string of the molecule is CCCCCCCCCCC[C@H](CC(=O)NC1C(NC(=O)C[C@@H](CCCCCCCCCCC)OC(=O)CCCCCCCc2ccccc2)[C@H](OP(=O)(O)O)C(CO)O[C@H]1OC[C@H](NC(=O)C[C@@H](CCCCCCCCCCC)OC(=O)CCCCCCCc1ccccc1)C(=O)O)OC(=O)CCCCCCCc1ccccc1. The third-order valence-electron chi connectivity index (χ3n) is 22.0. The van der Waals surface area contributed by atoms with E-state index in [-0.39, 0.29) is 25.7 Å². The highest BCUT2D eigenvalue weighted by molar-refractivity contribution is 7.46. The quantitative estimate of drug-likeness (QED) is 0.0120. The number of phosphoric ester groups is 1. The van der Waals surface area contributed by atoms with Crippen molar-refractivity contribution >= 4 is 49.4 Å². The van der Waals surface area contributed by atoms with Gasteiger partial charge in [0.2, 0.25) is 17.7 Å². The molecule has 1 saturated heterocycles. The molecule has 652 valence electrons. The molecule has 4 rings (SSSR count). The van der Waals surface area contributed by atoms with Crippen LogP contribution >= 0.6 is 7.82 Å². The summed E-state index contributed by atoms with van der Waals surface area (Å²) >= 11 is 0. The van der Waals surface area contributed by atoms with E-state index in [0.717, 1.165) is 212 Å². The van der Waals surface area contributed by atoms with Gasteiger partial charge in [-0.05, 0) is 113 Å². The van der Waals surface area contributed by atoms with Crippen molar-refractivity contribution in [1.29, 1.82) is 0 Å². The van der Waals surface area contributed by atoms with Crippen molar-refractivity contribution in [2.45, 2.75) is 422 Å². The second kappa shape index (κ2) is 65.8. The van der Waals surface area contributed by atoms with Gasteiger partial charge < -0.3 is 59.6 Å². The molecule has 1 aliphatic heterocycles. The standard InChI is InChI=1S/C93H152N3O18P/c1-4-7-10-13-16-19-22-31-49-64-78(110-86(101)67-52-34-25-28-40-55-75-58-43-37-44-59-75)70-83(98)94-81(92(104)105)74-109-93-90(96-85(100)72-80(66-51-33-24-21-18-15-12-9-6-3)112-88(103)69-54-36-27-30-42-57-77-62-47-39-48-63-77)89(91(82(73-97)113-93)114-115(106,107)108)95-84(99)71-79(65-50-32-23-20-17-14-11-8-5-2)111-87(102)68-53-35-26-29-41-56-76-60-45-38-46-61-76/h37-39,43-48,58-63,78-82,89-91,93,97H,4-36,40-42,49-57,64-74H2,1-3H3,(H,94,98)(H,95,99)(H,96,100)(H,104,105)(H2,106,107,108)/t78-,79-,80-,81+,82?,89?,90?,91-,93-/m1/s1. The number of hydrogen-bond acceptors (Lipinski definition) is 15. The van der Waals surface area contributed by atoms with Crippen LogP contribution < -0.4 is 16.0 Å². The van der Waals surface area contributed by atoms with E-state index in [9.17, 15) is 53.3 Å². The summed E-state index contributed by atoms with van der Waals surface area (Å²) in [6.45, 7) is 4.69. The third-order valence-corrected chi connectivity index (χ3v) is 22.5. The van der Waals surface area contributed by atoms with Crippen LogP contribution in [-0.4, -0.2) is 130 Å². The first kappa shape index (κ1) is 101. The van der Waals surface area contributed by atoms with E-state index in [1.807, 2.05) is 54.6 Å². The molecule has 3 aromatic carbocycles. The molecule has 9 atom stereocenters. The van der Waals surface area contributed by atoms with Gasteiger partial charge in [-0.1, -0.05) is 324 Å². The van der Waals surface area contributed by atoms with Crippen molar-refractivity contribution in [1.82, 2.24) is 16.0 Å². The van der Waals surface area contributed by atoms with Gasteiger partial charge >= 0.3 is 31.7 Å². The number of aliphatic hydroxyl groups excluding tert-OH is 1. The average Bonchev–Trinajstić information content (AvgIpc) is 0.779. The lowest BCUT2D eigenvalue weighted by Gasteiger charge is -2.46. The van der Waals surface area contributed by atoms with Gasteiger partial charge in [-0.15, -0.1) is 0 Å². The van der Waals surface area contributed by atoms with E-state index in [2.05, 4.69) is 73.1 Å². The predicted octanol–water partition coefficient (Wildman–Crippen LogP) is 20.2. The molecule has 22 heteroatoms. The number of aliphatic carboxylic acids is 1. The zero-order chi connectivity index (χ0) is 83.0. The largest absolute Gasteiger partial charge is 0.480 e. The summed E-state index contributed by atoms with van der Waals surface area (Å²) in [6.07, 6.45) is 35.5. The monoisotopic (exact) mass is 1630 g/mol. The Morgan fingerprint density at radius 2 is 0.696 bits per heavy atom. The van der Waals surface area contributed by atoms with Gasteiger partial charge in [-0.2, -0.15) is 0 Å². The van der Waals surface area contributed by atoms with Crippen molar-refractivity contribution in [3.63, 3.8) is 0 Å². The molecular weight excluding hydrogens is 1480 g/mol. The fourth-order valence-corrected chi connectivity index (χ4v) is 15.9. The first-order valence-electron chi connectivity index (χ1n) is 45.3. The van der Waals surface area contributed by atoms with Gasteiger partial charge in [0.1, 0.15) is 36.6 Å². The van der Waals surface area contributed by atoms with Crippen molar-refractivity contribution in [2.75, 3.05) is 13.2 Å². The third kappa shape index (κ3) is 51.8. The Morgan fingerprint density at radius 3 is 1.01 bits per heavy atom. The summed E-state index contributed by atoms with van der Waals surface area (Å²) in [7, 11) is -5.56. The second-order valence-corrected chi connectivity index (χ2v) is 33.5. The summed E-state index contributed by atoms with van der Waals surface area (Å²) in [5, 5.41) is 30.1. The number of unbranched alkanes of at least 4 members (excludes halogenated alkanes) is 36. The van der Waals surface area contributed by atoms with Crippen LogP contribution in [-0.2, 0) is 85.6 Å². The Kier molecular flexibility index (Phi) is 58.0. The zero-order valence-corrected chi connectivity index (χ0v) is 71.8. The molecule has 1 aliphatic rings. The van der Waals surface area contributed by atoms with E-state index in [1.54, 1.807) is 0 Å². The maximum atomic E-state index is 15.0. The minimum absolute atomic E-state index is 0.116. The fourth-order valence-electron chi connectivity index (χ4n) is 15.3. The van der Waals surface area contributed by atoms with E-state index >= 15 is 4.79 Å². The molecule has 7 N–H and O–H groups in total. The summed E-state index contributed by atoms with van der Waals surface area (Å²) in [5.74, 6) is -5.28. The molecule has 1 heterocycles. The van der Waals surface area contributed by atoms with Crippen LogP contribution in [0.1, 0.15) is 365 Å². The number of aryl methyl sites for hydroxylation is 3. The number of carbonyl (C=O) groups excluding carboxylic acids is 6. The number of ether oxygens (including phenoxy) is 5. The van der Waals surface area contributed by atoms with E-state index in [4.69, 9.17) is 28.2 Å². The fraction of sp³-hybridized carbons (Fsp3) is 0.731. The minimum Gasteiger partial charge on any atom is -0.480 e. The lowest BCUT2D eigenvalue weighted by atomic mass is 9.93. The van der Waals surface area contributed by atoms with Crippen molar-refractivity contribution in [2.24, 2.45) is 0 Å². The highest BCUT2D eigenvalue weighted by atomic mass is 31.2. The van der Waals surface area contributed by atoms with Crippen molar-refractivity contribution < 1.29 is 86.3 Å². The number of phosphoric acid groups is 1. The highest BCUT2D eigenvalue weighted by Gasteiger charge is 2.51. The molecule has 1 fully saturated rings. The molecule has 0 aromatic heterocycles. The van der Waals surface area contributed by atoms with E-state index in [1.165, 1.54) is 55.2 Å². The zero-order valence-electron chi connectivity index (χ0n) is 70.9. The number of rotatable bonds is 73. The first-order chi connectivity index (χ1) is 55.9. The predicted molar refractivity (Wildman–Crippen MR) is 455 cm³/mol. The second-order valence-electron chi connectivity index (χ2n) is 32.3. The number of hydrogen-bond donors (Lipinski definition) is 7. The van der Waals surface area contributed by atoms with Gasteiger partial charge in [-0.3, -0.25) is 33.3 Å². The van der Waals surface area contributed by atoms with Crippen LogP contribution in [0.25, 0.3) is 0 Å².